The zero-order valence-electron chi connectivity index (χ0n) is 11.8. The van der Waals surface area contributed by atoms with E-state index in [1.54, 1.807) is 25.1 Å². The third-order valence-corrected chi connectivity index (χ3v) is 3.20. The Morgan fingerprint density at radius 2 is 2.14 bits per heavy atom. The number of H-pyrrole nitrogens is 1. The summed E-state index contributed by atoms with van der Waals surface area (Å²) in [6, 6.07) is 8.94. The minimum atomic E-state index is -0.419. The second kappa shape index (κ2) is 5.57. The first-order valence-corrected chi connectivity index (χ1v) is 6.64. The lowest BCUT2D eigenvalue weighted by molar-refractivity contribution is 0.281. The van der Waals surface area contributed by atoms with Gasteiger partial charge in [-0.1, -0.05) is 6.07 Å². The molecule has 22 heavy (non-hydrogen) atoms. The summed E-state index contributed by atoms with van der Waals surface area (Å²) in [5, 5.41) is 9.33. The highest BCUT2D eigenvalue weighted by molar-refractivity contribution is 5.82. The highest BCUT2D eigenvalue weighted by atomic mass is 19.1. The number of aliphatic hydroxyl groups is 1. The van der Waals surface area contributed by atoms with Crippen molar-refractivity contribution in [1.29, 1.82) is 0 Å². The molecule has 0 radical (unpaired) electrons. The van der Waals surface area contributed by atoms with Crippen molar-refractivity contribution < 1.29 is 14.2 Å². The molecule has 5 nitrogen and oxygen atoms in total. The van der Waals surface area contributed by atoms with Crippen LogP contribution in [0.3, 0.4) is 0 Å². The molecule has 0 atom stereocenters. The average Bonchev–Trinajstić information content (AvgIpc) is 2.49. The first kappa shape index (κ1) is 14.2. The number of benzene rings is 2. The minimum Gasteiger partial charge on any atom is -0.455 e. The summed E-state index contributed by atoms with van der Waals surface area (Å²) in [6.07, 6.45) is 0. The summed E-state index contributed by atoms with van der Waals surface area (Å²) >= 11 is 0. The van der Waals surface area contributed by atoms with E-state index in [2.05, 4.69) is 9.97 Å². The van der Waals surface area contributed by atoms with E-state index in [9.17, 15) is 14.3 Å². The Hall–Kier alpha value is -2.73. The van der Waals surface area contributed by atoms with Crippen molar-refractivity contribution >= 4 is 11.0 Å². The third-order valence-electron chi connectivity index (χ3n) is 3.20. The lowest BCUT2D eigenvalue weighted by Gasteiger charge is -2.10. The third kappa shape index (κ3) is 2.68. The Balaban J connectivity index is 2.18. The molecule has 2 N–H and O–H groups in total. The molecule has 6 heteroatoms. The van der Waals surface area contributed by atoms with Crippen LogP contribution < -0.4 is 10.3 Å². The van der Waals surface area contributed by atoms with E-state index >= 15 is 0 Å². The maximum atomic E-state index is 13.3. The minimum absolute atomic E-state index is 0.217. The summed E-state index contributed by atoms with van der Waals surface area (Å²) < 4.78 is 18.9. The first-order chi connectivity index (χ1) is 10.6. The van der Waals surface area contributed by atoms with Gasteiger partial charge in [0.1, 0.15) is 22.8 Å². The number of hydrogen-bond acceptors (Lipinski definition) is 4. The molecule has 2 aromatic carbocycles. The fourth-order valence-electron chi connectivity index (χ4n) is 2.13. The summed E-state index contributed by atoms with van der Waals surface area (Å²) in [5.74, 6) is 0.228. The maximum absolute atomic E-state index is 13.3. The SMILES string of the molecule is Cc1nc2c(Oc3cccc(F)c3)cc(CO)cc2[nH]c1=O. The van der Waals surface area contributed by atoms with Crippen LogP contribution in [0.25, 0.3) is 11.0 Å². The zero-order chi connectivity index (χ0) is 15.7. The van der Waals surface area contributed by atoms with Crippen LogP contribution in [0.2, 0.25) is 0 Å². The second-order valence-corrected chi connectivity index (χ2v) is 4.86. The van der Waals surface area contributed by atoms with Gasteiger partial charge in [0.25, 0.3) is 5.56 Å². The number of aromatic amines is 1. The van der Waals surface area contributed by atoms with E-state index < -0.39 is 5.82 Å². The van der Waals surface area contributed by atoms with Crippen LogP contribution in [-0.4, -0.2) is 15.1 Å². The standard InChI is InChI=1S/C16H13FN2O3/c1-9-16(21)19-13-5-10(8-20)6-14(15(13)18-9)22-12-4-2-3-11(17)7-12/h2-7,20H,8H2,1H3,(H,19,21). The van der Waals surface area contributed by atoms with Crippen LogP contribution in [0.15, 0.2) is 41.2 Å². The molecule has 0 saturated heterocycles. The van der Waals surface area contributed by atoms with Gasteiger partial charge in [-0.3, -0.25) is 4.79 Å². The van der Waals surface area contributed by atoms with E-state index in [-0.39, 0.29) is 12.2 Å². The van der Waals surface area contributed by atoms with E-state index in [4.69, 9.17) is 4.74 Å². The van der Waals surface area contributed by atoms with Crippen LogP contribution in [-0.2, 0) is 6.61 Å². The van der Waals surface area contributed by atoms with Crippen LogP contribution in [0.1, 0.15) is 11.3 Å². The number of rotatable bonds is 3. The van der Waals surface area contributed by atoms with Gasteiger partial charge in [-0.2, -0.15) is 0 Å². The van der Waals surface area contributed by atoms with Gasteiger partial charge in [0.05, 0.1) is 12.1 Å². The van der Waals surface area contributed by atoms with Gasteiger partial charge < -0.3 is 14.8 Å². The van der Waals surface area contributed by atoms with Gasteiger partial charge in [0.15, 0.2) is 5.75 Å². The number of aromatic nitrogens is 2. The lowest BCUT2D eigenvalue weighted by atomic mass is 10.2. The lowest BCUT2D eigenvalue weighted by Crippen LogP contribution is -2.12. The quantitative estimate of drug-likeness (QED) is 0.779. The van der Waals surface area contributed by atoms with Gasteiger partial charge >= 0.3 is 0 Å². The molecular weight excluding hydrogens is 287 g/mol. The second-order valence-electron chi connectivity index (χ2n) is 4.86. The van der Waals surface area contributed by atoms with Crippen molar-refractivity contribution in [3.05, 3.63) is 63.8 Å². The summed E-state index contributed by atoms with van der Waals surface area (Å²) in [4.78, 5) is 18.6. The normalized spacial score (nSPS) is 10.9. The largest absolute Gasteiger partial charge is 0.455 e. The highest BCUT2D eigenvalue weighted by Crippen LogP contribution is 2.29. The number of halogens is 1. The average molecular weight is 300 g/mol. The summed E-state index contributed by atoms with van der Waals surface area (Å²) in [6.45, 7) is 1.37. The van der Waals surface area contributed by atoms with Gasteiger partial charge in [-0.25, -0.2) is 9.37 Å². The van der Waals surface area contributed by atoms with E-state index in [0.717, 1.165) is 0 Å². The van der Waals surface area contributed by atoms with E-state index in [1.807, 2.05) is 0 Å². The molecule has 1 aromatic heterocycles. The Morgan fingerprint density at radius 3 is 2.86 bits per heavy atom. The molecule has 0 unspecified atom stereocenters. The van der Waals surface area contributed by atoms with Gasteiger partial charge in [0.2, 0.25) is 0 Å². The number of fused-ring (bicyclic) bond motifs is 1. The number of hydrogen-bond donors (Lipinski definition) is 2. The number of nitrogens with zero attached hydrogens (tertiary/aromatic N) is 1. The highest BCUT2D eigenvalue weighted by Gasteiger charge is 2.11. The topological polar surface area (TPSA) is 75.2 Å². The van der Waals surface area contributed by atoms with Gasteiger partial charge in [0, 0.05) is 6.07 Å². The predicted octanol–water partition coefficient (Wildman–Crippen LogP) is 2.66. The van der Waals surface area contributed by atoms with E-state index in [1.165, 1.54) is 18.2 Å². The monoisotopic (exact) mass is 300 g/mol. The van der Waals surface area contributed by atoms with Crippen molar-refractivity contribution in [2.75, 3.05) is 0 Å². The predicted molar refractivity (Wildman–Crippen MR) is 79.5 cm³/mol. The number of aliphatic hydroxyl groups excluding tert-OH is 1. The van der Waals surface area contributed by atoms with Crippen molar-refractivity contribution in [2.45, 2.75) is 13.5 Å². The number of nitrogens with one attached hydrogen (secondary N) is 1. The Bertz CT molecular complexity index is 906. The molecule has 0 saturated carbocycles. The van der Waals surface area contributed by atoms with Crippen molar-refractivity contribution in [2.24, 2.45) is 0 Å². The summed E-state index contributed by atoms with van der Waals surface area (Å²) in [7, 11) is 0. The van der Waals surface area contributed by atoms with Crippen molar-refractivity contribution in [3.63, 3.8) is 0 Å². The molecule has 3 rings (SSSR count). The molecule has 1 heterocycles. The molecule has 3 aromatic rings. The molecule has 112 valence electrons. The van der Waals surface area contributed by atoms with Crippen LogP contribution in [0.5, 0.6) is 11.5 Å². The number of aryl methyl sites for hydroxylation is 1. The molecule has 0 aliphatic carbocycles. The molecule has 0 aliphatic heterocycles. The Labute approximate surface area is 125 Å². The fourth-order valence-corrected chi connectivity index (χ4v) is 2.13. The van der Waals surface area contributed by atoms with E-state index in [0.29, 0.717) is 33.8 Å². The van der Waals surface area contributed by atoms with Crippen LogP contribution in [0, 0.1) is 12.7 Å². The van der Waals surface area contributed by atoms with Crippen molar-refractivity contribution in [1.82, 2.24) is 9.97 Å². The van der Waals surface area contributed by atoms with Crippen molar-refractivity contribution in [3.8, 4) is 11.5 Å². The van der Waals surface area contributed by atoms with Crippen LogP contribution in [0.4, 0.5) is 4.39 Å². The van der Waals surface area contributed by atoms with Crippen LogP contribution >= 0.6 is 0 Å². The molecule has 0 aliphatic rings. The molecule has 0 spiro atoms. The Morgan fingerprint density at radius 1 is 1.32 bits per heavy atom. The van der Waals surface area contributed by atoms with Gasteiger partial charge in [-0.15, -0.1) is 0 Å². The molecular formula is C16H13FN2O3. The van der Waals surface area contributed by atoms with Gasteiger partial charge in [-0.05, 0) is 36.8 Å². The molecule has 0 fully saturated rings. The Kier molecular flexibility index (Phi) is 3.60. The molecule has 0 amide bonds. The summed E-state index contributed by atoms with van der Waals surface area (Å²) in [5.41, 5.74) is 1.44. The first-order valence-electron chi connectivity index (χ1n) is 6.64. The smallest absolute Gasteiger partial charge is 0.269 e. The number of ether oxygens (including phenoxy) is 1. The maximum Gasteiger partial charge on any atom is 0.269 e. The zero-order valence-corrected chi connectivity index (χ0v) is 11.8. The molecule has 0 bridgehead atoms. The fraction of sp³-hybridized carbons (Fsp3) is 0.125.